The van der Waals surface area contributed by atoms with Crippen molar-refractivity contribution in [2.45, 2.75) is 6.92 Å². The molecule has 3 rings (SSSR count). The number of ether oxygens (including phenoxy) is 1. The van der Waals surface area contributed by atoms with Crippen LogP contribution in [-0.4, -0.2) is 19.0 Å². The summed E-state index contributed by atoms with van der Waals surface area (Å²) in [6.45, 7) is 2.03. The molecule has 5 heteroatoms. The predicted molar refractivity (Wildman–Crippen MR) is 101 cm³/mol. The second-order valence-corrected chi connectivity index (χ2v) is 6.25. The number of benzene rings is 2. The third-order valence-corrected chi connectivity index (χ3v) is 4.85. The zero-order valence-electron chi connectivity index (χ0n) is 13.7. The van der Waals surface area contributed by atoms with Crippen LogP contribution in [0, 0.1) is 0 Å². The minimum atomic E-state index is -0.441. The first-order valence-electron chi connectivity index (χ1n) is 7.91. The minimum absolute atomic E-state index is 0.268. The highest BCUT2D eigenvalue weighted by Crippen LogP contribution is 2.46. The van der Waals surface area contributed by atoms with Crippen LogP contribution in [-0.2, 0) is 9.53 Å². The van der Waals surface area contributed by atoms with Crippen LogP contribution in [0.15, 0.2) is 60.7 Å². The lowest BCUT2D eigenvalue weighted by Crippen LogP contribution is -2.08. The van der Waals surface area contributed by atoms with E-state index in [1.54, 1.807) is 6.92 Å². The first kappa shape index (κ1) is 16.9. The lowest BCUT2D eigenvalue weighted by molar-refractivity contribution is -0.105. The van der Waals surface area contributed by atoms with Gasteiger partial charge in [0.2, 0.25) is 6.41 Å². The lowest BCUT2D eigenvalue weighted by atomic mass is 9.98. The van der Waals surface area contributed by atoms with Crippen molar-refractivity contribution in [1.82, 2.24) is 0 Å². The van der Waals surface area contributed by atoms with Crippen molar-refractivity contribution < 1.29 is 14.3 Å². The second-order valence-electron chi connectivity index (χ2n) is 5.23. The molecule has 4 nitrogen and oxygen atoms in total. The molecule has 0 spiro atoms. The normalized spacial score (nSPS) is 10.3. The number of hydrogen-bond acceptors (Lipinski definition) is 4. The Balaban J connectivity index is 2.29. The lowest BCUT2D eigenvalue weighted by Gasteiger charge is -2.09. The maximum Gasteiger partial charge on any atom is 0.341 e. The maximum absolute atomic E-state index is 12.6. The first-order valence-corrected chi connectivity index (χ1v) is 8.72. The van der Waals surface area contributed by atoms with Crippen LogP contribution >= 0.6 is 11.3 Å². The predicted octanol–water partition coefficient (Wildman–Crippen LogP) is 4.83. The summed E-state index contributed by atoms with van der Waals surface area (Å²) in [5, 5.41) is 3.14. The molecule has 1 aromatic heterocycles. The quantitative estimate of drug-likeness (QED) is 0.511. The molecule has 0 saturated heterocycles. The Bertz CT molecular complexity index is 873. The second kappa shape index (κ2) is 7.77. The highest BCUT2D eigenvalue weighted by atomic mass is 32.1. The SMILES string of the molecule is CCOC(=O)c1c(NC=O)sc(-c2ccccc2)c1-c1ccccc1. The monoisotopic (exact) mass is 351 g/mol. The van der Waals surface area contributed by atoms with Gasteiger partial charge in [0.05, 0.1) is 6.61 Å². The van der Waals surface area contributed by atoms with E-state index in [1.165, 1.54) is 11.3 Å². The van der Waals surface area contributed by atoms with Gasteiger partial charge >= 0.3 is 5.97 Å². The van der Waals surface area contributed by atoms with Gasteiger partial charge in [0.1, 0.15) is 10.6 Å². The Morgan fingerprint density at radius 3 is 2.20 bits per heavy atom. The van der Waals surface area contributed by atoms with Gasteiger partial charge in [-0.1, -0.05) is 60.7 Å². The van der Waals surface area contributed by atoms with Crippen molar-refractivity contribution in [2.75, 3.05) is 11.9 Å². The van der Waals surface area contributed by atoms with Crippen LogP contribution in [0.4, 0.5) is 5.00 Å². The van der Waals surface area contributed by atoms with Crippen molar-refractivity contribution in [3.8, 4) is 21.6 Å². The van der Waals surface area contributed by atoms with Gasteiger partial charge in [-0.05, 0) is 18.1 Å². The van der Waals surface area contributed by atoms with Crippen LogP contribution in [0.2, 0.25) is 0 Å². The van der Waals surface area contributed by atoms with Gasteiger partial charge in [0, 0.05) is 10.4 Å². The van der Waals surface area contributed by atoms with E-state index >= 15 is 0 Å². The first-order chi connectivity index (χ1) is 12.3. The van der Waals surface area contributed by atoms with Crippen molar-refractivity contribution in [3.63, 3.8) is 0 Å². The van der Waals surface area contributed by atoms with Crippen LogP contribution in [0.25, 0.3) is 21.6 Å². The van der Waals surface area contributed by atoms with Gasteiger partial charge in [-0.2, -0.15) is 0 Å². The molecule has 0 bridgehead atoms. The summed E-state index contributed by atoms with van der Waals surface area (Å²) in [6, 6.07) is 19.5. The van der Waals surface area contributed by atoms with Crippen molar-refractivity contribution in [1.29, 1.82) is 0 Å². The zero-order valence-corrected chi connectivity index (χ0v) is 14.5. The third-order valence-electron chi connectivity index (χ3n) is 3.68. The fourth-order valence-electron chi connectivity index (χ4n) is 2.66. The van der Waals surface area contributed by atoms with E-state index in [4.69, 9.17) is 4.74 Å². The molecule has 1 amide bonds. The molecule has 126 valence electrons. The third kappa shape index (κ3) is 3.46. The number of carbonyl (C=O) groups excluding carboxylic acids is 2. The highest BCUT2D eigenvalue weighted by Gasteiger charge is 2.26. The molecule has 25 heavy (non-hydrogen) atoms. The summed E-state index contributed by atoms with van der Waals surface area (Å²) < 4.78 is 5.24. The summed E-state index contributed by atoms with van der Waals surface area (Å²) in [5.74, 6) is -0.441. The summed E-state index contributed by atoms with van der Waals surface area (Å²) >= 11 is 1.37. The Kier molecular flexibility index (Phi) is 5.26. The number of esters is 1. The van der Waals surface area contributed by atoms with Crippen LogP contribution in [0.1, 0.15) is 17.3 Å². The van der Waals surface area contributed by atoms with Gasteiger partial charge in [-0.25, -0.2) is 4.79 Å². The van der Waals surface area contributed by atoms with Crippen LogP contribution < -0.4 is 5.32 Å². The number of carbonyl (C=O) groups is 2. The number of rotatable bonds is 6. The molecule has 3 aromatic rings. The Hall–Kier alpha value is -2.92. The molecule has 0 saturated carbocycles. The van der Waals surface area contributed by atoms with Crippen LogP contribution in [0.3, 0.4) is 0 Å². The standard InChI is InChI=1S/C20H17NO3S/c1-2-24-20(23)17-16(14-9-5-3-6-10-14)18(25-19(17)21-13-22)15-11-7-4-8-12-15/h3-13H,2H2,1H3,(H,21,22). The summed E-state index contributed by atoms with van der Waals surface area (Å²) in [6.07, 6.45) is 0.581. The molecule has 1 heterocycles. The number of hydrogen-bond donors (Lipinski definition) is 1. The number of anilines is 1. The number of nitrogens with one attached hydrogen (secondary N) is 1. The van der Waals surface area contributed by atoms with E-state index in [0.717, 1.165) is 21.6 Å². The van der Waals surface area contributed by atoms with E-state index in [9.17, 15) is 9.59 Å². The average molecular weight is 351 g/mol. The van der Waals surface area contributed by atoms with E-state index in [1.807, 2.05) is 60.7 Å². The molecule has 0 radical (unpaired) electrons. The van der Waals surface area contributed by atoms with Gasteiger partial charge in [-0.3, -0.25) is 4.79 Å². The van der Waals surface area contributed by atoms with Crippen molar-refractivity contribution in [2.24, 2.45) is 0 Å². The maximum atomic E-state index is 12.6. The fourth-order valence-corrected chi connectivity index (χ4v) is 3.83. The van der Waals surface area contributed by atoms with E-state index in [2.05, 4.69) is 5.32 Å². The smallest absolute Gasteiger partial charge is 0.341 e. The van der Waals surface area contributed by atoms with Crippen molar-refractivity contribution in [3.05, 3.63) is 66.2 Å². The average Bonchev–Trinajstić information content (AvgIpc) is 3.03. The highest BCUT2D eigenvalue weighted by molar-refractivity contribution is 7.20. The van der Waals surface area contributed by atoms with E-state index < -0.39 is 5.97 Å². The molecule has 1 N–H and O–H groups in total. The Morgan fingerprint density at radius 1 is 1.04 bits per heavy atom. The molecular formula is C20H17NO3S. The molecule has 0 unspecified atom stereocenters. The molecule has 0 aliphatic carbocycles. The topological polar surface area (TPSA) is 55.4 Å². The Labute approximate surface area is 150 Å². The van der Waals surface area contributed by atoms with Gasteiger partial charge in [0.15, 0.2) is 0 Å². The van der Waals surface area contributed by atoms with Gasteiger partial charge in [0.25, 0.3) is 0 Å². The van der Waals surface area contributed by atoms with E-state index in [0.29, 0.717) is 17.0 Å². The molecule has 0 aliphatic rings. The Morgan fingerprint density at radius 2 is 1.64 bits per heavy atom. The molecule has 0 atom stereocenters. The minimum Gasteiger partial charge on any atom is -0.462 e. The summed E-state index contributed by atoms with van der Waals surface area (Å²) in [7, 11) is 0. The van der Waals surface area contributed by atoms with Gasteiger partial charge in [-0.15, -0.1) is 11.3 Å². The molecule has 0 fully saturated rings. The largest absolute Gasteiger partial charge is 0.462 e. The summed E-state index contributed by atoms with van der Waals surface area (Å²) in [5.41, 5.74) is 3.05. The van der Waals surface area contributed by atoms with Crippen molar-refractivity contribution >= 4 is 28.7 Å². The van der Waals surface area contributed by atoms with Crippen LogP contribution in [0.5, 0.6) is 0 Å². The number of amides is 1. The van der Waals surface area contributed by atoms with Gasteiger partial charge < -0.3 is 10.1 Å². The number of thiophene rings is 1. The summed E-state index contributed by atoms with van der Waals surface area (Å²) in [4.78, 5) is 24.6. The fraction of sp³-hybridized carbons (Fsp3) is 0.100. The molecular weight excluding hydrogens is 334 g/mol. The zero-order chi connectivity index (χ0) is 17.6. The molecule has 2 aromatic carbocycles. The molecule has 0 aliphatic heterocycles. The van der Waals surface area contributed by atoms with E-state index in [-0.39, 0.29) is 6.61 Å².